The Labute approximate surface area is 97.1 Å². The van der Waals surface area contributed by atoms with Crippen molar-refractivity contribution < 1.29 is 5.11 Å². The molecule has 1 rings (SSSR count). The number of pyridine rings is 1. The summed E-state index contributed by atoms with van der Waals surface area (Å²) in [5.74, 6) is 0.486. The first kappa shape index (κ1) is 12.0. The van der Waals surface area contributed by atoms with E-state index in [9.17, 15) is 0 Å². The van der Waals surface area contributed by atoms with E-state index in [1.54, 1.807) is 12.3 Å². The number of nitrogens with one attached hydrogen (secondary N) is 1. The van der Waals surface area contributed by atoms with Gasteiger partial charge in [-0.3, -0.25) is 0 Å². The molecule has 0 aliphatic carbocycles. The summed E-state index contributed by atoms with van der Waals surface area (Å²) in [4.78, 5) is 4.09. The number of nitrogens with zero attached hydrogens (tertiary/aromatic N) is 2. The molecule has 0 amide bonds. The van der Waals surface area contributed by atoms with Gasteiger partial charge < -0.3 is 10.4 Å². The minimum Gasteiger partial charge on any atom is -0.394 e. The molecule has 15 heavy (non-hydrogen) atoms. The van der Waals surface area contributed by atoms with Crippen molar-refractivity contribution in [3.05, 3.63) is 22.3 Å². The average molecular weight is 270 g/mol. The van der Waals surface area contributed by atoms with Crippen LogP contribution < -0.4 is 5.32 Å². The van der Waals surface area contributed by atoms with Gasteiger partial charge in [-0.15, -0.1) is 0 Å². The summed E-state index contributed by atoms with van der Waals surface area (Å²) in [7, 11) is 0. The molecule has 0 fully saturated rings. The lowest BCUT2D eigenvalue weighted by Crippen LogP contribution is -2.35. The Hall–Kier alpha value is -1.12. The molecule has 0 saturated carbocycles. The number of aromatic nitrogens is 1. The van der Waals surface area contributed by atoms with Crippen LogP contribution in [0.5, 0.6) is 0 Å². The standard InChI is InChI=1S/C10H12BrN3O/c1-10(2,6-15)14-9-7(4-12)3-8(11)5-13-9/h3,5,15H,6H2,1-2H3,(H,13,14). The van der Waals surface area contributed by atoms with Crippen molar-refractivity contribution in [2.24, 2.45) is 0 Å². The molecule has 0 aromatic carbocycles. The van der Waals surface area contributed by atoms with Gasteiger partial charge in [-0.2, -0.15) is 5.26 Å². The Balaban J connectivity index is 3.01. The molecule has 1 aromatic heterocycles. The molecule has 1 aromatic rings. The molecule has 0 unspecified atom stereocenters. The topological polar surface area (TPSA) is 68.9 Å². The number of aliphatic hydroxyl groups excluding tert-OH is 1. The van der Waals surface area contributed by atoms with Crippen molar-refractivity contribution in [3.63, 3.8) is 0 Å². The van der Waals surface area contributed by atoms with E-state index < -0.39 is 5.54 Å². The van der Waals surface area contributed by atoms with E-state index in [1.165, 1.54) is 0 Å². The van der Waals surface area contributed by atoms with E-state index in [2.05, 4.69) is 26.2 Å². The molecule has 2 N–H and O–H groups in total. The summed E-state index contributed by atoms with van der Waals surface area (Å²) < 4.78 is 0.756. The van der Waals surface area contributed by atoms with E-state index in [-0.39, 0.29) is 6.61 Å². The summed E-state index contributed by atoms with van der Waals surface area (Å²) >= 11 is 3.24. The Morgan fingerprint density at radius 3 is 2.87 bits per heavy atom. The van der Waals surface area contributed by atoms with Gasteiger partial charge in [-0.25, -0.2) is 4.98 Å². The van der Waals surface area contributed by atoms with Crippen molar-refractivity contribution in [1.82, 2.24) is 4.98 Å². The number of hydrogen-bond donors (Lipinski definition) is 2. The zero-order valence-corrected chi connectivity index (χ0v) is 10.2. The molecule has 4 nitrogen and oxygen atoms in total. The molecule has 0 spiro atoms. The molecule has 0 aliphatic heterocycles. The Morgan fingerprint density at radius 2 is 2.33 bits per heavy atom. The Kier molecular flexibility index (Phi) is 3.66. The second kappa shape index (κ2) is 4.60. The summed E-state index contributed by atoms with van der Waals surface area (Å²) in [6, 6.07) is 3.73. The van der Waals surface area contributed by atoms with Crippen LogP contribution in [0.15, 0.2) is 16.7 Å². The zero-order chi connectivity index (χ0) is 11.5. The SMILES string of the molecule is CC(C)(CO)Nc1ncc(Br)cc1C#N. The van der Waals surface area contributed by atoms with Crippen molar-refractivity contribution in [2.75, 3.05) is 11.9 Å². The van der Waals surface area contributed by atoms with E-state index in [4.69, 9.17) is 10.4 Å². The van der Waals surface area contributed by atoms with Gasteiger partial charge in [0.2, 0.25) is 0 Å². The highest BCUT2D eigenvalue weighted by molar-refractivity contribution is 9.10. The molecule has 1 heterocycles. The zero-order valence-electron chi connectivity index (χ0n) is 8.58. The molecule has 0 saturated heterocycles. The molecule has 0 bridgehead atoms. The number of aliphatic hydroxyl groups is 1. The van der Waals surface area contributed by atoms with Gasteiger partial charge in [0.15, 0.2) is 0 Å². The third-order valence-corrected chi connectivity index (χ3v) is 2.26. The van der Waals surface area contributed by atoms with E-state index in [0.29, 0.717) is 11.4 Å². The minimum atomic E-state index is -0.494. The molecule has 0 aliphatic rings. The minimum absolute atomic E-state index is 0.0321. The third kappa shape index (κ3) is 3.18. The summed E-state index contributed by atoms with van der Waals surface area (Å²) in [6.07, 6.45) is 1.61. The first-order valence-electron chi connectivity index (χ1n) is 4.43. The van der Waals surface area contributed by atoms with Crippen molar-refractivity contribution in [1.29, 1.82) is 5.26 Å². The number of nitriles is 1. The number of halogens is 1. The molecule has 0 atom stereocenters. The summed E-state index contributed by atoms with van der Waals surface area (Å²) in [5, 5.41) is 21.0. The largest absolute Gasteiger partial charge is 0.394 e. The molecule has 80 valence electrons. The van der Waals surface area contributed by atoms with Gasteiger partial charge in [0.25, 0.3) is 0 Å². The van der Waals surface area contributed by atoms with E-state index in [1.807, 2.05) is 19.9 Å². The lowest BCUT2D eigenvalue weighted by atomic mass is 10.1. The molecular formula is C10H12BrN3O. The Bertz CT molecular complexity index is 398. The second-order valence-corrected chi connectivity index (χ2v) is 4.74. The summed E-state index contributed by atoms with van der Waals surface area (Å²) in [5.41, 5.74) is -0.0437. The maximum absolute atomic E-state index is 9.09. The second-order valence-electron chi connectivity index (χ2n) is 3.83. The molecule has 0 radical (unpaired) electrons. The van der Waals surface area contributed by atoms with Crippen LogP contribution in [0.25, 0.3) is 0 Å². The van der Waals surface area contributed by atoms with Crippen molar-refractivity contribution in [2.45, 2.75) is 19.4 Å². The highest BCUT2D eigenvalue weighted by Gasteiger charge is 2.18. The molecule has 5 heteroatoms. The maximum Gasteiger partial charge on any atom is 0.144 e. The van der Waals surface area contributed by atoms with Crippen molar-refractivity contribution in [3.8, 4) is 6.07 Å². The lowest BCUT2D eigenvalue weighted by molar-refractivity contribution is 0.234. The number of hydrogen-bond acceptors (Lipinski definition) is 4. The van der Waals surface area contributed by atoms with Gasteiger partial charge >= 0.3 is 0 Å². The number of rotatable bonds is 3. The number of anilines is 1. The smallest absolute Gasteiger partial charge is 0.144 e. The van der Waals surface area contributed by atoms with Crippen molar-refractivity contribution >= 4 is 21.7 Å². The van der Waals surface area contributed by atoms with Crippen LogP contribution in [-0.4, -0.2) is 22.2 Å². The predicted molar refractivity (Wildman–Crippen MR) is 61.4 cm³/mol. The fourth-order valence-corrected chi connectivity index (χ4v) is 1.32. The van der Waals surface area contributed by atoms with Gasteiger partial charge in [0.05, 0.1) is 17.7 Å². The fourth-order valence-electron chi connectivity index (χ4n) is 0.984. The predicted octanol–water partition coefficient (Wildman–Crippen LogP) is 1.90. The van der Waals surface area contributed by atoms with Crippen LogP contribution >= 0.6 is 15.9 Å². The maximum atomic E-state index is 9.09. The van der Waals surface area contributed by atoms with Gasteiger partial charge in [0.1, 0.15) is 11.9 Å². The summed E-state index contributed by atoms with van der Waals surface area (Å²) in [6.45, 7) is 3.63. The van der Waals surface area contributed by atoms with Crippen LogP contribution in [0.2, 0.25) is 0 Å². The fraction of sp³-hybridized carbons (Fsp3) is 0.400. The van der Waals surface area contributed by atoms with Crippen LogP contribution in [0.4, 0.5) is 5.82 Å². The normalized spacial score (nSPS) is 10.9. The van der Waals surface area contributed by atoms with Crippen LogP contribution in [0.1, 0.15) is 19.4 Å². The van der Waals surface area contributed by atoms with E-state index >= 15 is 0 Å². The highest BCUT2D eigenvalue weighted by Crippen LogP contribution is 2.20. The Morgan fingerprint density at radius 1 is 1.67 bits per heavy atom. The highest BCUT2D eigenvalue weighted by atomic mass is 79.9. The van der Waals surface area contributed by atoms with Gasteiger partial charge in [0, 0.05) is 10.7 Å². The van der Waals surface area contributed by atoms with Gasteiger partial charge in [-0.05, 0) is 35.8 Å². The van der Waals surface area contributed by atoms with Crippen LogP contribution in [0, 0.1) is 11.3 Å². The third-order valence-electron chi connectivity index (χ3n) is 1.83. The molecular weight excluding hydrogens is 258 g/mol. The van der Waals surface area contributed by atoms with Crippen LogP contribution in [-0.2, 0) is 0 Å². The first-order valence-corrected chi connectivity index (χ1v) is 5.22. The quantitative estimate of drug-likeness (QED) is 0.880. The average Bonchev–Trinajstić information content (AvgIpc) is 2.20. The van der Waals surface area contributed by atoms with Gasteiger partial charge in [-0.1, -0.05) is 0 Å². The monoisotopic (exact) mass is 269 g/mol. The van der Waals surface area contributed by atoms with E-state index in [0.717, 1.165) is 4.47 Å². The van der Waals surface area contributed by atoms with Crippen LogP contribution in [0.3, 0.4) is 0 Å². The lowest BCUT2D eigenvalue weighted by Gasteiger charge is -2.24. The first-order chi connectivity index (χ1) is 6.98.